The summed E-state index contributed by atoms with van der Waals surface area (Å²) in [6.45, 7) is 7.94. The molecule has 2 unspecified atom stereocenters. The Hall–Kier alpha value is -1.78. The molecule has 0 aromatic rings. The van der Waals surface area contributed by atoms with Crippen molar-refractivity contribution in [3.05, 3.63) is 24.8 Å². The van der Waals surface area contributed by atoms with Crippen LogP contribution >= 0.6 is 0 Å². The zero-order valence-electron chi connectivity index (χ0n) is 10.8. The summed E-state index contributed by atoms with van der Waals surface area (Å²) in [6, 6.07) is -0.320. The Balaban J connectivity index is 2.52. The fourth-order valence-corrected chi connectivity index (χ4v) is 1.90. The highest BCUT2D eigenvalue weighted by Gasteiger charge is 2.26. The van der Waals surface area contributed by atoms with E-state index < -0.39 is 11.9 Å². The van der Waals surface area contributed by atoms with E-state index in [1.807, 2.05) is 13.8 Å². The zero-order chi connectivity index (χ0) is 13.7. The molecule has 0 aliphatic heterocycles. The number of urea groups is 1. The monoisotopic (exact) mass is 252 g/mol. The van der Waals surface area contributed by atoms with Crippen LogP contribution < -0.4 is 5.32 Å². The second kappa shape index (κ2) is 6.23. The van der Waals surface area contributed by atoms with Crippen LogP contribution in [-0.4, -0.2) is 40.6 Å². The molecule has 1 rings (SSSR count). The van der Waals surface area contributed by atoms with Crippen molar-refractivity contribution in [2.45, 2.75) is 32.4 Å². The minimum Gasteiger partial charge on any atom is -0.481 e. The van der Waals surface area contributed by atoms with E-state index in [4.69, 9.17) is 5.11 Å². The van der Waals surface area contributed by atoms with Crippen LogP contribution in [0.25, 0.3) is 0 Å². The van der Waals surface area contributed by atoms with E-state index >= 15 is 0 Å². The fourth-order valence-electron chi connectivity index (χ4n) is 1.90. The van der Waals surface area contributed by atoms with E-state index in [9.17, 15) is 9.59 Å². The molecule has 0 saturated carbocycles. The second-order valence-corrected chi connectivity index (χ2v) is 4.66. The third-order valence-corrected chi connectivity index (χ3v) is 2.92. The van der Waals surface area contributed by atoms with Gasteiger partial charge in [-0.15, -0.1) is 6.58 Å². The molecule has 5 nitrogen and oxygen atoms in total. The largest absolute Gasteiger partial charge is 0.481 e. The first-order chi connectivity index (χ1) is 8.45. The lowest BCUT2D eigenvalue weighted by Crippen LogP contribution is -2.47. The molecule has 0 aromatic heterocycles. The van der Waals surface area contributed by atoms with Gasteiger partial charge in [0.25, 0.3) is 0 Å². The molecule has 1 aliphatic carbocycles. The summed E-state index contributed by atoms with van der Waals surface area (Å²) in [7, 11) is 0. The summed E-state index contributed by atoms with van der Waals surface area (Å²) >= 11 is 0. The number of hydrogen-bond acceptors (Lipinski definition) is 2. The van der Waals surface area contributed by atoms with Crippen LogP contribution in [0.2, 0.25) is 0 Å². The van der Waals surface area contributed by atoms with Gasteiger partial charge in [0.2, 0.25) is 0 Å². The fraction of sp³-hybridized carbons (Fsp3) is 0.538. The van der Waals surface area contributed by atoms with E-state index in [0.717, 1.165) is 0 Å². The summed E-state index contributed by atoms with van der Waals surface area (Å²) in [5.41, 5.74) is 0. The number of carboxylic acid groups (broad SMARTS) is 1. The van der Waals surface area contributed by atoms with Gasteiger partial charge in [-0.05, 0) is 20.3 Å². The highest BCUT2D eigenvalue weighted by molar-refractivity contribution is 5.76. The highest BCUT2D eigenvalue weighted by atomic mass is 16.4. The molecule has 0 aromatic carbocycles. The minimum atomic E-state index is -0.852. The molecule has 2 atom stereocenters. The molecule has 0 heterocycles. The van der Waals surface area contributed by atoms with Crippen molar-refractivity contribution in [2.24, 2.45) is 5.92 Å². The standard InChI is InChI=1S/C13H20N2O3/c1-4-7-15(9(2)3)13(18)14-11-6-5-10(8-11)12(16)17/h4-6,9-11H,1,7-8H2,2-3H3,(H,14,18)(H,16,17). The van der Waals surface area contributed by atoms with Crippen LogP contribution in [0, 0.1) is 5.92 Å². The first kappa shape index (κ1) is 14.3. The first-order valence-electron chi connectivity index (χ1n) is 6.04. The summed E-state index contributed by atoms with van der Waals surface area (Å²) in [5.74, 6) is -1.35. The van der Waals surface area contributed by atoms with Crippen molar-refractivity contribution in [1.29, 1.82) is 0 Å². The number of nitrogens with one attached hydrogen (secondary N) is 1. The number of carbonyl (C=O) groups is 2. The lowest BCUT2D eigenvalue weighted by atomic mass is 10.1. The summed E-state index contributed by atoms with van der Waals surface area (Å²) in [4.78, 5) is 24.4. The van der Waals surface area contributed by atoms with Gasteiger partial charge in [0.15, 0.2) is 0 Å². The summed E-state index contributed by atoms with van der Waals surface area (Å²) in [5, 5.41) is 11.7. The van der Waals surface area contributed by atoms with E-state index in [1.165, 1.54) is 0 Å². The van der Waals surface area contributed by atoms with Crippen LogP contribution in [0.3, 0.4) is 0 Å². The molecule has 100 valence electrons. The third kappa shape index (κ3) is 3.61. The highest BCUT2D eigenvalue weighted by Crippen LogP contribution is 2.18. The molecule has 18 heavy (non-hydrogen) atoms. The average Bonchev–Trinajstić information content (AvgIpc) is 2.73. The van der Waals surface area contributed by atoms with Crippen LogP contribution in [-0.2, 0) is 4.79 Å². The Morgan fingerprint density at radius 1 is 1.56 bits per heavy atom. The average molecular weight is 252 g/mol. The smallest absolute Gasteiger partial charge is 0.318 e. The van der Waals surface area contributed by atoms with Crippen LogP contribution in [0.5, 0.6) is 0 Å². The Morgan fingerprint density at radius 3 is 2.67 bits per heavy atom. The van der Waals surface area contributed by atoms with Crippen molar-refractivity contribution in [3.8, 4) is 0 Å². The van der Waals surface area contributed by atoms with Crippen LogP contribution in [0.1, 0.15) is 20.3 Å². The lowest BCUT2D eigenvalue weighted by molar-refractivity contribution is -0.140. The number of hydrogen-bond donors (Lipinski definition) is 2. The van der Waals surface area contributed by atoms with Gasteiger partial charge in [0.05, 0.1) is 12.0 Å². The van der Waals surface area contributed by atoms with Crippen molar-refractivity contribution in [1.82, 2.24) is 10.2 Å². The first-order valence-corrected chi connectivity index (χ1v) is 6.04. The number of rotatable bonds is 5. The summed E-state index contributed by atoms with van der Waals surface area (Å²) in [6.07, 6.45) is 5.45. The van der Waals surface area contributed by atoms with E-state index in [1.54, 1.807) is 23.1 Å². The number of aliphatic carboxylic acids is 1. The van der Waals surface area contributed by atoms with Gasteiger partial charge in [-0.3, -0.25) is 4.79 Å². The Bertz CT molecular complexity index is 363. The van der Waals surface area contributed by atoms with E-state index in [0.29, 0.717) is 13.0 Å². The third-order valence-electron chi connectivity index (χ3n) is 2.92. The molecule has 0 radical (unpaired) electrons. The molecular formula is C13H20N2O3. The minimum absolute atomic E-state index is 0.0728. The van der Waals surface area contributed by atoms with Gasteiger partial charge in [0.1, 0.15) is 0 Å². The number of carboxylic acids is 1. The van der Waals surface area contributed by atoms with Gasteiger partial charge < -0.3 is 15.3 Å². The Kier molecular flexibility index (Phi) is 4.95. The van der Waals surface area contributed by atoms with Gasteiger partial charge in [-0.2, -0.15) is 0 Å². The van der Waals surface area contributed by atoms with E-state index in [-0.39, 0.29) is 18.1 Å². The Labute approximate surface area is 107 Å². The van der Waals surface area contributed by atoms with Gasteiger partial charge in [-0.1, -0.05) is 18.2 Å². The summed E-state index contributed by atoms with van der Waals surface area (Å²) < 4.78 is 0. The van der Waals surface area contributed by atoms with Crippen LogP contribution in [0.4, 0.5) is 4.79 Å². The van der Waals surface area contributed by atoms with Gasteiger partial charge in [0, 0.05) is 12.6 Å². The maximum Gasteiger partial charge on any atom is 0.318 e. The molecule has 2 amide bonds. The molecule has 2 N–H and O–H groups in total. The SMILES string of the molecule is C=CCN(C(=O)NC1C=CC(C(=O)O)C1)C(C)C. The molecule has 0 spiro atoms. The zero-order valence-corrected chi connectivity index (χ0v) is 10.8. The predicted octanol–water partition coefficient (Wildman–Crippen LogP) is 1.62. The maximum atomic E-state index is 12.0. The molecule has 1 aliphatic rings. The van der Waals surface area contributed by atoms with Crippen molar-refractivity contribution in [3.63, 3.8) is 0 Å². The van der Waals surface area contributed by atoms with Crippen molar-refractivity contribution in [2.75, 3.05) is 6.54 Å². The maximum absolute atomic E-state index is 12.0. The van der Waals surface area contributed by atoms with Gasteiger partial charge >= 0.3 is 12.0 Å². The molecule has 0 saturated heterocycles. The van der Waals surface area contributed by atoms with E-state index in [2.05, 4.69) is 11.9 Å². The predicted molar refractivity (Wildman–Crippen MR) is 69.2 cm³/mol. The van der Waals surface area contributed by atoms with Crippen LogP contribution in [0.15, 0.2) is 24.8 Å². The number of nitrogens with zero attached hydrogens (tertiary/aromatic N) is 1. The van der Waals surface area contributed by atoms with Crippen molar-refractivity contribution >= 4 is 12.0 Å². The normalized spacial score (nSPS) is 21.9. The molecular weight excluding hydrogens is 232 g/mol. The second-order valence-electron chi connectivity index (χ2n) is 4.66. The number of amides is 2. The molecule has 0 fully saturated rings. The molecule has 0 bridgehead atoms. The topological polar surface area (TPSA) is 69.6 Å². The Morgan fingerprint density at radius 2 is 2.22 bits per heavy atom. The van der Waals surface area contributed by atoms with Gasteiger partial charge in [-0.25, -0.2) is 4.79 Å². The molecule has 5 heteroatoms. The van der Waals surface area contributed by atoms with Crippen molar-refractivity contribution < 1.29 is 14.7 Å². The quantitative estimate of drug-likeness (QED) is 0.730. The lowest BCUT2D eigenvalue weighted by Gasteiger charge is -2.27. The number of carbonyl (C=O) groups excluding carboxylic acids is 1.